The third-order valence-electron chi connectivity index (χ3n) is 2.31. The van der Waals surface area contributed by atoms with Crippen LogP contribution in [0.1, 0.15) is 11.3 Å². The number of benzene rings is 1. The van der Waals surface area contributed by atoms with Gasteiger partial charge in [-0.1, -0.05) is 29.8 Å². The fourth-order valence-corrected chi connectivity index (χ4v) is 2.36. The van der Waals surface area contributed by atoms with E-state index in [-0.39, 0.29) is 0 Å². The SMILES string of the molecule is FC(F)(F)c1cccc(SCc2ccc(Cl)cc2)n1. The molecule has 0 N–H and O–H groups in total. The number of aromatic nitrogens is 1. The second-order valence-electron chi connectivity index (χ2n) is 3.77. The largest absolute Gasteiger partial charge is 0.433 e. The summed E-state index contributed by atoms with van der Waals surface area (Å²) in [5.41, 5.74) is 0.113. The van der Waals surface area contributed by atoms with Crippen LogP contribution in [0.15, 0.2) is 47.5 Å². The molecule has 0 atom stereocenters. The van der Waals surface area contributed by atoms with Gasteiger partial charge in [0.25, 0.3) is 0 Å². The fraction of sp³-hybridized carbons (Fsp3) is 0.154. The Hall–Kier alpha value is -1.20. The molecule has 0 amide bonds. The summed E-state index contributed by atoms with van der Waals surface area (Å²) in [5.74, 6) is 0.547. The van der Waals surface area contributed by atoms with Crippen molar-refractivity contribution in [1.82, 2.24) is 4.98 Å². The number of pyridine rings is 1. The van der Waals surface area contributed by atoms with Crippen molar-refractivity contribution in [3.63, 3.8) is 0 Å². The number of nitrogens with zero attached hydrogens (tertiary/aromatic N) is 1. The Morgan fingerprint density at radius 1 is 1.05 bits per heavy atom. The highest BCUT2D eigenvalue weighted by Gasteiger charge is 2.32. The Bertz CT molecular complexity index is 555. The van der Waals surface area contributed by atoms with Gasteiger partial charge in [-0.25, -0.2) is 4.98 Å². The Labute approximate surface area is 117 Å². The maximum atomic E-state index is 12.5. The van der Waals surface area contributed by atoms with Crippen LogP contribution in [-0.2, 0) is 11.9 Å². The minimum Gasteiger partial charge on any atom is -0.237 e. The van der Waals surface area contributed by atoms with Gasteiger partial charge in [0.1, 0.15) is 5.69 Å². The lowest BCUT2D eigenvalue weighted by molar-refractivity contribution is -0.141. The van der Waals surface area contributed by atoms with Gasteiger partial charge in [0.2, 0.25) is 0 Å². The summed E-state index contributed by atoms with van der Waals surface area (Å²) in [4.78, 5) is 3.59. The summed E-state index contributed by atoms with van der Waals surface area (Å²) >= 11 is 7.01. The zero-order valence-corrected chi connectivity index (χ0v) is 11.2. The van der Waals surface area contributed by atoms with Crippen LogP contribution >= 0.6 is 23.4 Å². The molecule has 0 spiro atoms. The van der Waals surface area contributed by atoms with Gasteiger partial charge in [0.05, 0.1) is 5.03 Å². The van der Waals surface area contributed by atoms with E-state index in [2.05, 4.69) is 4.98 Å². The van der Waals surface area contributed by atoms with Gasteiger partial charge >= 0.3 is 6.18 Å². The Morgan fingerprint density at radius 2 is 1.74 bits per heavy atom. The van der Waals surface area contributed by atoms with Crippen LogP contribution in [0.4, 0.5) is 13.2 Å². The summed E-state index contributed by atoms with van der Waals surface area (Å²) < 4.78 is 37.5. The van der Waals surface area contributed by atoms with E-state index in [1.165, 1.54) is 17.8 Å². The van der Waals surface area contributed by atoms with Crippen LogP contribution in [-0.4, -0.2) is 4.98 Å². The smallest absolute Gasteiger partial charge is 0.237 e. The first kappa shape index (κ1) is 14.2. The van der Waals surface area contributed by atoms with Crippen molar-refractivity contribution in [3.05, 3.63) is 58.7 Å². The molecule has 6 heteroatoms. The molecule has 0 aliphatic carbocycles. The lowest BCUT2D eigenvalue weighted by Gasteiger charge is -2.07. The summed E-state index contributed by atoms with van der Waals surface area (Å²) in [6.45, 7) is 0. The molecule has 0 radical (unpaired) electrons. The second-order valence-corrected chi connectivity index (χ2v) is 5.21. The monoisotopic (exact) mass is 303 g/mol. The molecular weight excluding hydrogens is 295 g/mol. The molecule has 19 heavy (non-hydrogen) atoms. The van der Waals surface area contributed by atoms with Gasteiger partial charge in [-0.15, -0.1) is 11.8 Å². The maximum Gasteiger partial charge on any atom is 0.433 e. The Morgan fingerprint density at radius 3 is 2.37 bits per heavy atom. The molecule has 1 nitrogen and oxygen atoms in total. The molecular formula is C13H9ClF3NS. The highest BCUT2D eigenvalue weighted by Crippen LogP contribution is 2.30. The van der Waals surface area contributed by atoms with Crippen LogP contribution in [0.3, 0.4) is 0 Å². The highest BCUT2D eigenvalue weighted by molar-refractivity contribution is 7.98. The molecule has 0 bridgehead atoms. The number of hydrogen-bond acceptors (Lipinski definition) is 2. The molecule has 0 unspecified atom stereocenters. The molecule has 0 aliphatic rings. The number of alkyl halides is 3. The molecule has 0 fully saturated rings. The van der Waals surface area contributed by atoms with Crippen molar-refractivity contribution in [1.29, 1.82) is 0 Å². The topological polar surface area (TPSA) is 12.9 Å². The molecule has 0 saturated heterocycles. The van der Waals surface area contributed by atoms with Gasteiger partial charge in [-0.2, -0.15) is 13.2 Å². The van der Waals surface area contributed by atoms with E-state index in [0.717, 1.165) is 11.6 Å². The molecule has 2 rings (SSSR count). The molecule has 1 heterocycles. The fourth-order valence-electron chi connectivity index (χ4n) is 1.39. The summed E-state index contributed by atoms with van der Waals surface area (Å²) in [6.07, 6.45) is -4.41. The second kappa shape index (κ2) is 5.84. The first-order valence-electron chi connectivity index (χ1n) is 5.36. The third kappa shape index (κ3) is 4.14. The molecule has 0 saturated carbocycles. The molecule has 100 valence electrons. The zero-order chi connectivity index (χ0) is 13.9. The standard InChI is InChI=1S/C13H9ClF3NS/c14-10-6-4-9(5-7-10)8-19-12-3-1-2-11(18-12)13(15,16)17/h1-7H,8H2. The van der Waals surface area contributed by atoms with Gasteiger partial charge < -0.3 is 0 Å². The van der Waals surface area contributed by atoms with E-state index in [4.69, 9.17) is 11.6 Å². The quantitative estimate of drug-likeness (QED) is 0.736. The van der Waals surface area contributed by atoms with Gasteiger partial charge in [-0.05, 0) is 29.8 Å². The van der Waals surface area contributed by atoms with Crippen molar-refractivity contribution in [2.75, 3.05) is 0 Å². The van der Waals surface area contributed by atoms with Crippen molar-refractivity contribution in [2.45, 2.75) is 17.0 Å². The summed E-state index contributed by atoms with van der Waals surface area (Å²) in [6, 6.07) is 11.1. The van der Waals surface area contributed by atoms with Gasteiger partial charge in [0, 0.05) is 10.8 Å². The minimum absolute atomic E-state index is 0.352. The Balaban J connectivity index is 2.05. The Kier molecular flexibility index (Phi) is 4.37. The number of hydrogen-bond donors (Lipinski definition) is 0. The van der Waals surface area contributed by atoms with Gasteiger partial charge in [-0.3, -0.25) is 0 Å². The van der Waals surface area contributed by atoms with E-state index in [1.807, 2.05) is 12.1 Å². The number of halogens is 4. The molecule has 1 aromatic heterocycles. The van der Waals surface area contributed by atoms with Crippen LogP contribution in [0.25, 0.3) is 0 Å². The normalized spacial score (nSPS) is 11.6. The first-order valence-corrected chi connectivity index (χ1v) is 6.73. The van der Waals surface area contributed by atoms with Gasteiger partial charge in [0.15, 0.2) is 0 Å². The lowest BCUT2D eigenvalue weighted by atomic mass is 10.2. The lowest BCUT2D eigenvalue weighted by Crippen LogP contribution is -2.07. The maximum absolute atomic E-state index is 12.5. The van der Waals surface area contributed by atoms with E-state index >= 15 is 0 Å². The van der Waals surface area contributed by atoms with Crippen LogP contribution in [0.2, 0.25) is 5.02 Å². The van der Waals surface area contributed by atoms with E-state index in [1.54, 1.807) is 18.2 Å². The van der Waals surface area contributed by atoms with Crippen molar-refractivity contribution in [3.8, 4) is 0 Å². The van der Waals surface area contributed by atoms with E-state index < -0.39 is 11.9 Å². The van der Waals surface area contributed by atoms with Crippen molar-refractivity contribution < 1.29 is 13.2 Å². The predicted molar refractivity (Wildman–Crippen MR) is 70.3 cm³/mol. The van der Waals surface area contributed by atoms with Crippen molar-refractivity contribution >= 4 is 23.4 Å². The number of rotatable bonds is 3. The average molecular weight is 304 g/mol. The molecule has 1 aromatic carbocycles. The van der Waals surface area contributed by atoms with Crippen molar-refractivity contribution in [2.24, 2.45) is 0 Å². The van der Waals surface area contributed by atoms with Crippen LogP contribution < -0.4 is 0 Å². The zero-order valence-electron chi connectivity index (χ0n) is 9.62. The summed E-state index contributed by atoms with van der Waals surface area (Å²) in [7, 11) is 0. The van der Waals surface area contributed by atoms with E-state index in [9.17, 15) is 13.2 Å². The average Bonchev–Trinajstić information content (AvgIpc) is 2.37. The predicted octanol–water partition coefficient (Wildman–Crippen LogP) is 5.05. The first-order chi connectivity index (χ1) is 8.95. The van der Waals surface area contributed by atoms with Crippen LogP contribution in [0.5, 0.6) is 0 Å². The third-order valence-corrected chi connectivity index (χ3v) is 3.57. The summed E-state index contributed by atoms with van der Waals surface area (Å²) in [5, 5.41) is 0.982. The minimum atomic E-state index is -4.41. The number of thioether (sulfide) groups is 1. The van der Waals surface area contributed by atoms with Crippen LogP contribution in [0, 0.1) is 0 Å². The molecule has 0 aliphatic heterocycles. The van der Waals surface area contributed by atoms with E-state index in [0.29, 0.717) is 15.8 Å². The highest BCUT2D eigenvalue weighted by atomic mass is 35.5. The molecule has 2 aromatic rings.